The molecule has 0 aliphatic carbocycles. The summed E-state index contributed by atoms with van der Waals surface area (Å²) in [6.07, 6.45) is 0. The Hall–Kier alpha value is -1.64. The van der Waals surface area contributed by atoms with E-state index in [4.69, 9.17) is 0 Å². The number of aliphatic imine (C=N–C) groups is 1. The van der Waals surface area contributed by atoms with Crippen LogP contribution in [0.1, 0.15) is 30.5 Å². The average molecular weight is 216 g/mol. The molecule has 1 amide bonds. The molecule has 0 spiro atoms. The third-order valence-electron chi connectivity index (χ3n) is 2.83. The smallest absolute Gasteiger partial charge is 0.252 e. The van der Waals surface area contributed by atoms with Crippen LogP contribution in [-0.2, 0) is 4.79 Å². The van der Waals surface area contributed by atoms with Gasteiger partial charge in [0.1, 0.15) is 11.4 Å². The van der Waals surface area contributed by atoms with Crippen molar-refractivity contribution in [1.29, 1.82) is 0 Å². The van der Waals surface area contributed by atoms with Crippen molar-refractivity contribution in [1.82, 2.24) is 5.32 Å². The van der Waals surface area contributed by atoms with Gasteiger partial charge in [0.15, 0.2) is 0 Å². The molecule has 0 fully saturated rings. The van der Waals surface area contributed by atoms with Crippen LogP contribution in [0.4, 0.5) is 0 Å². The zero-order chi connectivity index (χ0) is 11.9. The Kier molecular flexibility index (Phi) is 2.34. The standard InChI is InChI=1S/C13H16N2O/c1-8-5-6-9(2)10(7-8)11-14-12(16)13(3,4)15-11/h5-7H,1-4H3,(H,14,15,16). The van der Waals surface area contributed by atoms with Crippen LogP contribution >= 0.6 is 0 Å². The van der Waals surface area contributed by atoms with Crippen molar-refractivity contribution in [2.45, 2.75) is 33.2 Å². The summed E-state index contributed by atoms with van der Waals surface area (Å²) in [5.41, 5.74) is 2.66. The first-order valence-electron chi connectivity index (χ1n) is 5.39. The number of carbonyl (C=O) groups is 1. The lowest BCUT2D eigenvalue weighted by atomic mass is 10.0. The molecule has 3 heteroatoms. The van der Waals surface area contributed by atoms with Gasteiger partial charge in [-0.1, -0.05) is 17.7 Å². The summed E-state index contributed by atoms with van der Waals surface area (Å²) < 4.78 is 0. The van der Waals surface area contributed by atoms with Crippen LogP contribution in [-0.4, -0.2) is 17.3 Å². The molecule has 1 heterocycles. The van der Waals surface area contributed by atoms with Gasteiger partial charge < -0.3 is 5.32 Å². The van der Waals surface area contributed by atoms with E-state index in [1.807, 2.05) is 33.8 Å². The number of amides is 1. The fourth-order valence-electron chi connectivity index (χ4n) is 1.74. The number of nitrogens with zero attached hydrogens (tertiary/aromatic N) is 1. The summed E-state index contributed by atoms with van der Waals surface area (Å²) >= 11 is 0. The molecule has 1 aliphatic rings. The Labute approximate surface area is 95.6 Å². The van der Waals surface area contributed by atoms with E-state index in [0.717, 1.165) is 11.1 Å². The number of hydrogen-bond acceptors (Lipinski definition) is 2. The Morgan fingerprint density at radius 2 is 1.94 bits per heavy atom. The number of nitrogens with one attached hydrogen (secondary N) is 1. The highest BCUT2D eigenvalue weighted by Crippen LogP contribution is 2.20. The van der Waals surface area contributed by atoms with Crippen LogP contribution in [0.2, 0.25) is 0 Å². The van der Waals surface area contributed by atoms with Crippen LogP contribution in [0.5, 0.6) is 0 Å². The minimum atomic E-state index is -0.647. The molecular formula is C13H16N2O. The van der Waals surface area contributed by atoms with E-state index in [2.05, 4.69) is 22.4 Å². The molecule has 1 aliphatic heterocycles. The number of hydrogen-bond donors (Lipinski definition) is 1. The van der Waals surface area contributed by atoms with Gasteiger partial charge in [0, 0.05) is 5.56 Å². The molecule has 1 aromatic carbocycles. The van der Waals surface area contributed by atoms with Crippen molar-refractivity contribution < 1.29 is 4.79 Å². The molecule has 84 valence electrons. The maximum atomic E-state index is 11.7. The number of amidine groups is 1. The molecule has 3 nitrogen and oxygen atoms in total. The predicted octanol–water partition coefficient (Wildman–Crippen LogP) is 1.96. The zero-order valence-electron chi connectivity index (χ0n) is 10.1. The van der Waals surface area contributed by atoms with Crippen LogP contribution < -0.4 is 5.32 Å². The zero-order valence-corrected chi connectivity index (χ0v) is 10.1. The number of carbonyl (C=O) groups excluding carboxylic acids is 1. The molecule has 0 saturated carbocycles. The first kappa shape index (κ1) is 10.9. The SMILES string of the molecule is Cc1ccc(C)c(C2=NC(C)(C)C(=O)N2)c1. The maximum Gasteiger partial charge on any atom is 0.252 e. The number of aryl methyl sites for hydroxylation is 2. The second kappa shape index (κ2) is 3.44. The highest BCUT2D eigenvalue weighted by atomic mass is 16.2. The van der Waals surface area contributed by atoms with Crippen LogP contribution in [0, 0.1) is 13.8 Å². The van der Waals surface area contributed by atoms with Crippen molar-refractivity contribution in [3.05, 3.63) is 34.9 Å². The van der Waals surface area contributed by atoms with Crippen LogP contribution in [0.25, 0.3) is 0 Å². The predicted molar refractivity (Wildman–Crippen MR) is 64.7 cm³/mol. The van der Waals surface area contributed by atoms with E-state index >= 15 is 0 Å². The summed E-state index contributed by atoms with van der Waals surface area (Å²) in [6.45, 7) is 7.70. The fourth-order valence-corrected chi connectivity index (χ4v) is 1.74. The van der Waals surface area contributed by atoms with Gasteiger partial charge in [-0.25, -0.2) is 0 Å². The van der Waals surface area contributed by atoms with Crippen molar-refractivity contribution in [2.75, 3.05) is 0 Å². The molecule has 0 unspecified atom stereocenters. The minimum absolute atomic E-state index is 0.0385. The highest BCUT2D eigenvalue weighted by Gasteiger charge is 2.34. The normalized spacial score (nSPS) is 18.2. The summed E-state index contributed by atoms with van der Waals surface area (Å²) in [4.78, 5) is 16.1. The van der Waals surface area contributed by atoms with E-state index in [-0.39, 0.29) is 5.91 Å². The molecule has 2 rings (SSSR count). The number of benzene rings is 1. The van der Waals surface area contributed by atoms with Gasteiger partial charge in [-0.2, -0.15) is 0 Å². The Bertz CT molecular complexity index is 487. The van der Waals surface area contributed by atoms with Gasteiger partial charge >= 0.3 is 0 Å². The van der Waals surface area contributed by atoms with E-state index < -0.39 is 5.54 Å². The molecule has 1 aromatic rings. The van der Waals surface area contributed by atoms with E-state index in [0.29, 0.717) is 5.84 Å². The lowest BCUT2D eigenvalue weighted by Crippen LogP contribution is -2.34. The maximum absolute atomic E-state index is 11.7. The minimum Gasteiger partial charge on any atom is -0.308 e. The Morgan fingerprint density at radius 1 is 1.25 bits per heavy atom. The summed E-state index contributed by atoms with van der Waals surface area (Å²) in [6, 6.07) is 6.15. The monoisotopic (exact) mass is 216 g/mol. The second-order valence-corrected chi connectivity index (χ2v) is 4.79. The first-order valence-corrected chi connectivity index (χ1v) is 5.39. The number of rotatable bonds is 1. The molecular weight excluding hydrogens is 200 g/mol. The third-order valence-corrected chi connectivity index (χ3v) is 2.83. The van der Waals surface area contributed by atoms with Gasteiger partial charge in [0.2, 0.25) is 0 Å². The van der Waals surface area contributed by atoms with Gasteiger partial charge in [0.25, 0.3) is 5.91 Å². The van der Waals surface area contributed by atoms with Crippen molar-refractivity contribution in [3.8, 4) is 0 Å². The van der Waals surface area contributed by atoms with Gasteiger partial charge in [-0.3, -0.25) is 9.79 Å². The Morgan fingerprint density at radius 3 is 2.50 bits per heavy atom. The molecule has 0 saturated heterocycles. The largest absolute Gasteiger partial charge is 0.308 e. The van der Waals surface area contributed by atoms with Gasteiger partial charge in [-0.15, -0.1) is 0 Å². The summed E-state index contributed by atoms with van der Waals surface area (Å²) in [7, 11) is 0. The van der Waals surface area contributed by atoms with E-state index in [1.165, 1.54) is 5.56 Å². The molecule has 0 bridgehead atoms. The van der Waals surface area contributed by atoms with Gasteiger partial charge in [0.05, 0.1) is 0 Å². The van der Waals surface area contributed by atoms with Crippen LogP contribution in [0.3, 0.4) is 0 Å². The van der Waals surface area contributed by atoms with E-state index in [9.17, 15) is 4.79 Å². The first-order chi connectivity index (χ1) is 7.40. The molecule has 0 atom stereocenters. The molecule has 0 aromatic heterocycles. The molecule has 1 N–H and O–H groups in total. The third kappa shape index (κ3) is 1.73. The van der Waals surface area contributed by atoms with E-state index in [1.54, 1.807) is 0 Å². The quantitative estimate of drug-likeness (QED) is 0.766. The van der Waals surface area contributed by atoms with Crippen LogP contribution in [0.15, 0.2) is 23.2 Å². The molecule has 0 radical (unpaired) electrons. The second-order valence-electron chi connectivity index (χ2n) is 4.79. The fraction of sp³-hybridized carbons (Fsp3) is 0.385. The molecule has 16 heavy (non-hydrogen) atoms. The lowest BCUT2D eigenvalue weighted by Gasteiger charge is -2.07. The highest BCUT2D eigenvalue weighted by molar-refractivity contribution is 6.15. The average Bonchev–Trinajstić information content (AvgIpc) is 2.45. The van der Waals surface area contributed by atoms with Gasteiger partial charge in [-0.05, 0) is 39.3 Å². The van der Waals surface area contributed by atoms with Crippen molar-refractivity contribution in [3.63, 3.8) is 0 Å². The van der Waals surface area contributed by atoms with Crippen molar-refractivity contribution in [2.24, 2.45) is 4.99 Å². The lowest BCUT2D eigenvalue weighted by molar-refractivity contribution is -0.122. The Balaban J connectivity index is 2.47. The van der Waals surface area contributed by atoms with Crippen molar-refractivity contribution >= 4 is 11.7 Å². The summed E-state index contributed by atoms with van der Waals surface area (Å²) in [5.74, 6) is 0.652. The summed E-state index contributed by atoms with van der Waals surface area (Å²) in [5, 5.41) is 2.84. The topological polar surface area (TPSA) is 41.5 Å².